The summed E-state index contributed by atoms with van der Waals surface area (Å²) < 4.78 is 12.6. The Morgan fingerprint density at radius 2 is 1.71 bits per heavy atom. The molecule has 0 aliphatic heterocycles. The van der Waals surface area contributed by atoms with Gasteiger partial charge in [-0.3, -0.25) is 0 Å². The molecule has 0 saturated carbocycles. The van der Waals surface area contributed by atoms with E-state index in [0.29, 0.717) is 13.2 Å². The third kappa shape index (κ3) is 16.7. The monoisotopic (exact) mass is 206 g/mol. The molecule has 0 aliphatic carbocycles. The Kier molecular flexibility index (Phi) is 11.9. The van der Waals surface area contributed by atoms with Crippen molar-refractivity contribution in [2.45, 2.75) is 13.8 Å². The Bertz CT molecular complexity index is 169. The van der Waals surface area contributed by atoms with Crippen molar-refractivity contribution in [3.8, 4) is 0 Å². The van der Waals surface area contributed by atoms with Gasteiger partial charge in [-0.15, -0.1) is 0 Å². The number of hydrogen-bond donors (Lipinski definition) is 1. The molecule has 14 heavy (non-hydrogen) atoms. The fourth-order valence-electron chi connectivity index (χ4n) is 0.349. The van der Waals surface area contributed by atoms with Gasteiger partial charge in [0.15, 0.2) is 0 Å². The second kappa shape index (κ2) is 11.3. The molecule has 0 unspecified atom stereocenters. The highest BCUT2D eigenvalue weighted by Gasteiger charge is 1.96. The lowest BCUT2D eigenvalue weighted by molar-refractivity contribution is 0.0630. The number of ether oxygens (including phenoxy) is 3. The fourth-order valence-corrected chi connectivity index (χ4v) is 0.349. The summed E-state index contributed by atoms with van der Waals surface area (Å²) in [6.45, 7) is 7.21. The number of carbonyl (C=O) groups is 2. The topological polar surface area (TPSA) is 82.1 Å². The molecule has 0 aromatic rings. The fraction of sp³-hybridized carbons (Fsp3) is 0.500. The van der Waals surface area contributed by atoms with Crippen LogP contribution < -0.4 is 0 Å². The van der Waals surface area contributed by atoms with Gasteiger partial charge < -0.3 is 19.3 Å². The molecule has 0 aromatic carbocycles. The first-order valence-electron chi connectivity index (χ1n) is 3.88. The Hall–Kier alpha value is -1.72. The molecule has 0 rings (SSSR count). The van der Waals surface area contributed by atoms with E-state index in [1.807, 2.05) is 0 Å². The van der Waals surface area contributed by atoms with Crippen LogP contribution in [0.3, 0.4) is 0 Å². The van der Waals surface area contributed by atoms with E-state index < -0.39 is 12.3 Å². The van der Waals surface area contributed by atoms with Crippen LogP contribution in [0.1, 0.15) is 13.8 Å². The minimum Gasteiger partial charge on any atom is -0.449 e. The number of carboxylic acid groups (broad SMARTS) is 1. The Balaban J connectivity index is 0. The number of carbonyl (C=O) groups excluding carboxylic acids is 1. The van der Waals surface area contributed by atoms with Crippen LogP contribution in [0.5, 0.6) is 0 Å². The van der Waals surface area contributed by atoms with E-state index in [4.69, 9.17) is 5.11 Å². The molecular weight excluding hydrogens is 192 g/mol. The molecule has 82 valence electrons. The molecule has 0 aromatic heterocycles. The molecule has 6 nitrogen and oxygen atoms in total. The normalized spacial score (nSPS) is 7.57. The zero-order chi connectivity index (χ0) is 11.4. The molecule has 0 aliphatic rings. The molecule has 1 N–H and O–H groups in total. The average molecular weight is 206 g/mol. The van der Waals surface area contributed by atoms with E-state index in [-0.39, 0.29) is 0 Å². The highest BCUT2D eigenvalue weighted by Crippen LogP contribution is 1.81. The SMILES string of the molecule is C=COC(=O)O.CCOC(=O)OCC. The van der Waals surface area contributed by atoms with Crippen molar-refractivity contribution in [3.05, 3.63) is 12.8 Å². The Labute approximate surface area is 82.1 Å². The average Bonchev–Trinajstić information content (AvgIpc) is 2.05. The van der Waals surface area contributed by atoms with E-state index >= 15 is 0 Å². The molecule has 0 fully saturated rings. The van der Waals surface area contributed by atoms with Crippen LogP contribution in [0.15, 0.2) is 12.8 Å². The van der Waals surface area contributed by atoms with Crippen molar-refractivity contribution in [3.63, 3.8) is 0 Å². The van der Waals surface area contributed by atoms with Gasteiger partial charge in [0.2, 0.25) is 0 Å². The van der Waals surface area contributed by atoms with Crippen LogP contribution in [-0.2, 0) is 14.2 Å². The summed E-state index contributed by atoms with van der Waals surface area (Å²) in [4.78, 5) is 19.5. The Morgan fingerprint density at radius 1 is 1.29 bits per heavy atom. The van der Waals surface area contributed by atoms with Gasteiger partial charge in [-0.05, 0) is 13.8 Å². The van der Waals surface area contributed by atoms with Crippen molar-refractivity contribution < 1.29 is 28.9 Å². The molecule has 0 saturated heterocycles. The van der Waals surface area contributed by atoms with Crippen LogP contribution >= 0.6 is 0 Å². The lowest BCUT2D eigenvalue weighted by atomic mass is 10.8. The van der Waals surface area contributed by atoms with E-state index in [1.165, 1.54) is 0 Å². The second-order valence-corrected chi connectivity index (χ2v) is 1.67. The highest BCUT2D eigenvalue weighted by atomic mass is 16.7. The molecule has 6 heteroatoms. The Morgan fingerprint density at radius 3 is 1.86 bits per heavy atom. The number of hydrogen-bond acceptors (Lipinski definition) is 5. The predicted molar refractivity (Wildman–Crippen MR) is 48.0 cm³/mol. The maximum Gasteiger partial charge on any atom is 0.510 e. The quantitative estimate of drug-likeness (QED) is 0.561. The maximum absolute atomic E-state index is 10.2. The molecule has 0 radical (unpaired) electrons. The summed E-state index contributed by atoms with van der Waals surface area (Å²) in [6.07, 6.45) is -1.07. The van der Waals surface area contributed by atoms with Gasteiger partial charge in [0.1, 0.15) is 0 Å². The van der Waals surface area contributed by atoms with Crippen LogP contribution in [0.25, 0.3) is 0 Å². The van der Waals surface area contributed by atoms with E-state index in [2.05, 4.69) is 20.8 Å². The first kappa shape index (κ1) is 14.8. The second-order valence-electron chi connectivity index (χ2n) is 1.67. The minimum atomic E-state index is -1.33. The van der Waals surface area contributed by atoms with Gasteiger partial charge in [0.05, 0.1) is 19.5 Å². The molecule has 0 heterocycles. The third-order valence-electron chi connectivity index (χ3n) is 0.709. The van der Waals surface area contributed by atoms with Crippen LogP contribution in [0.2, 0.25) is 0 Å². The van der Waals surface area contributed by atoms with E-state index in [9.17, 15) is 9.59 Å². The molecule has 0 bridgehead atoms. The van der Waals surface area contributed by atoms with Gasteiger partial charge in [0.25, 0.3) is 0 Å². The van der Waals surface area contributed by atoms with E-state index in [0.717, 1.165) is 6.26 Å². The van der Waals surface area contributed by atoms with Gasteiger partial charge >= 0.3 is 12.3 Å². The predicted octanol–water partition coefficient (Wildman–Crippen LogP) is 2.00. The van der Waals surface area contributed by atoms with Crippen molar-refractivity contribution in [1.82, 2.24) is 0 Å². The zero-order valence-electron chi connectivity index (χ0n) is 8.19. The summed E-state index contributed by atoms with van der Waals surface area (Å²) in [6, 6.07) is 0. The molecular formula is C8H14O6. The smallest absolute Gasteiger partial charge is 0.449 e. The summed E-state index contributed by atoms with van der Waals surface area (Å²) >= 11 is 0. The minimum absolute atomic E-state index is 0.374. The molecule has 0 spiro atoms. The number of rotatable bonds is 3. The summed E-state index contributed by atoms with van der Waals surface area (Å²) in [7, 11) is 0. The lowest BCUT2D eigenvalue weighted by Gasteiger charge is -1.98. The molecule has 0 amide bonds. The largest absolute Gasteiger partial charge is 0.510 e. The van der Waals surface area contributed by atoms with Crippen LogP contribution in [0.4, 0.5) is 9.59 Å². The van der Waals surface area contributed by atoms with Crippen LogP contribution in [0, 0.1) is 0 Å². The maximum atomic E-state index is 10.2. The van der Waals surface area contributed by atoms with Crippen molar-refractivity contribution >= 4 is 12.3 Å². The van der Waals surface area contributed by atoms with Gasteiger partial charge in [-0.2, -0.15) is 0 Å². The van der Waals surface area contributed by atoms with Crippen molar-refractivity contribution in [2.24, 2.45) is 0 Å². The summed E-state index contributed by atoms with van der Waals surface area (Å²) in [5.74, 6) is 0. The van der Waals surface area contributed by atoms with Crippen LogP contribution in [-0.4, -0.2) is 30.6 Å². The van der Waals surface area contributed by atoms with Crippen molar-refractivity contribution in [1.29, 1.82) is 0 Å². The third-order valence-corrected chi connectivity index (χ3v) is 0.709. The zero-order valence-corrected chi connectivity index (χ0v) is 8.19. The van der Waals surface area contributed by atoms with Gasteiger partial charge in [-0.1, -0.05) is 6.58 Å². The summed E-state index contributed by atoms with van der Waals surface area (Å²) in [5, 5.41) is 7.62. The van der Waals surface area contributed by atoms with Crippen molar-refractivity contribution in [2.75, 3.05) is 13.2 Å². The summed E-state index contributed by atoms with van der Waals surface area (Å²) in [5.41, 5.74) is 0. The van der Waals surface area contributed by atoms with Gasteiger partial charge in [0, 0.05) is 0 Å². The van der Waals surface area contributed by atoms with E-state index in [1.54, 1.807) is 13.8 Å². The van der Waals surface area contributed by atoms with Gasteiger partial charge in [-0.25, -0.2) is 9.59 Å². The standard InChI is InChI=1S/C5H10O3.C3H4O3/c1-3-7-5(6)8-4-2;1-2-6-3(4)5/h3-4H2,1-2H3;2H,1H2,(H,4,5). The first-order chi connectivity index (χ1) is 6.58. The first-order valence-corrected chi connectivity index (χ1v) is 3.88. The molecule has 0 atom stereocenters. The highest BCUT2D eigenvalue weighted by molar-refractivity contribution is 5.59. The lowest BCUT2D eigenvalue weighted by Crippen LogP contribution is -2.05.